The number of rotatable bonds is 12. The fraction of sp³-hybridized carbons (Fsp3) is 0.615. The van der Waals surface area contributed by atoms with Crippen LogP contribution >= 0.6 is 11.8 Å². The lowest BCUT2D eigenvalue weighted by atomic mass is 10.1. The minimum absolute atomic E-state index is 0.154. The van der Waals surface area contributed by atoms with Gasteiger partial charge < -0.3 is 32.3 Å². The number of amides is 3. The number of carbonyl (C=O) groups is 5. The zero-order valence-corrected chi connectivity index (χ0v) is 14.4. The second-order valence-electron chi connectivity index (χ2n) is 5.12. The van der Waals surface area contributed by atoms with Crippen LogP contribution in [0.2, 0.25) is 0 Å². The molecule has 25 heavy (non-hydrogen) atoms. The molecule has 12 heteroatoms. The van der Waals surface area contributed by atoms with Gasteiger partial charge in [0.25, 0.3) is 0 Å². The van der Waals surface area contributed by atoms with Crippen molar-refractivity contribution in [3.8, 4) is 0 Å². The Morgan fingerprint density at radius 1 is 1.00 bits per heavy atom. The molecule has 0 aromatic heterocycles. The molecule has 0 radical (unpaired) electrons. The van der Waals surface area contributed by atoms with Crippen molar-refractivity contribution in [2.75, 3.05) is 12.0 Å². The topological polar surface area (TPSA) is 202 Å². The quantitative estimate of drug-likeness (QED) is 0.212. The van der Waals surface area contributed by atoms with E-state index in [0.29, 0.717) is 5.75 Å². The SMILES string of the molecule is CSCCC(NC(=O)C(N)CC(=O)O)C(=O)NC(CC(N)=O)C(=O)O. The third-order valence-corrected chi connectivity index (χ3v) is 3.64. The summed E-state index contributed by atoms with van der Waals surface area (Å²) in [6.45, 7) is 0. The highest BCUT2D eigenvalue weighted by molar-refractivity contribution is 7.98. The van der Waals surface area contributed by atoms with Crippen molar-refractivity contribution in [1.29, 1.82) is 0 Å². The van der Waals surface area contributed by atoms with Crippen molar-refractivity contribution in [2.24, 2.45) is 11.5 Å². The van der Waals surface area contributed by atoms with Crippen molar-refractivity contribution in [1.82, 2.24) is 10.6 Å². The number of carboxylic acid groups (broad SMARTS) is 2. The van der Waals surface area contributed by atoms with Gasteiger partial charge in [0.2, 0.25) is 17.7 Å². The molecule has 0 aliphatic rings. The van der Waals surface area contributed by atoms with Gasteiger partial charge in [-0.25, -0.2) is 4.79 Å². The number of hydrogen-bond acceptors (Lipinski definition) is 7. The molecule has 0 aromatic carbocycles. The molecule has 8 N–H and O–H groups in total. The Balaban J connectivity index is 5.01. The first kappa shape index (κ1) is 22.7. The summed E-state index contributed by atoms with van der Waals surface area (Å²) in [6, 6.07) is -4.02. The highest BCUT2D eigenvalue weighted by Gasteiger charge is 2.29. The van der Waals surface area contributed by atoms with E-state index in [4.69, 9.17) is 21.7 Å². The van der Waals surface area contributed by atoms with Gasteiger partial charge in [-0.2, -0.15) is 11.8 Å². The third kappa shape index (κ3) is 9.52. The van der Waals surface area contributed by atoms with E-state index in [1.54, 1.807) is 6.26 Å². The Kier molecular flexibility index (Phi) is 10.2. The van der Waals surface area contributed by atoms with Crippen LogP contribution < -0.4 is 22.1 Å². The summed E-state index contributed by atoms with van der Waals surface area (Å²) < 4.78 is 0. The zero-order valence-electron chi connectivity index (χ0n) is 13.6. The minimum atomic E-state index is -1.54. The molecule has 0 heterocycles. The van der Waals surface area contributed by atoms with Gasteiger partial charge in [-0.05, 0) is 18.4 Å². The number of nitrogens with two attached hydrogens (primary N) is 2. The van der Waals surface area contributed by atoms with Crippen molar-refractivity contribution in [3.05, 3.63) is 0 Å². The first-order chi connectivity index (χ1) is 11.6. The maximum absolute atomic E-state index is 12.2. The van der Waals surface area contributed by atoms with E-state index in [-0.39, 0.29) is 6.42 Å². The predicted molar refractivity (Wildman–Crippen MR) is 88.5 cm³/mol. The van der Waals surface area contributed by atoms with Crippen LogP contribution in [0.4, 0.5) is 0 Å². The van der Waals surface area contributed by atoms with Crippen molar-refractivity contribution in [2.45, 2.75) is 37.4 Å². The Bertz CT molecular complexity index is 529. The molecule has 0 spiro atoms. The summed E-state index contributed by atoms with van der Waals surface area (Å²) in [7, 11) is 0. The van der Waals surface area contributed by atoms with Crippen molar-refractivity contribution >= 4 is 41.4 Å². The van der Waals surface area contributed by atoms with Crippen LogP contribution in [0.1, 0.15) is 19.3 Å². The lowest BCUT2D eigenvalue weighted by Gasteiger charge is -2.22. The molecule has 0 aromatic rings. The van der Waals surface area contributed by atoms with Crippen LogP contribution in [0.25, 0.3) is 0 Å². The largest absolute Gasteiger partial charge is 0.481 e. The first-order valence-corrected chi connectivity index (χ1v) is 8.56. The summed E-state index contributed by atoms with van der Waals surface area (Å²) >= 11 is 1.38. The van der Waals surface area contributed by atoms with Crippen LogP contribution in [0.15, 0.2) is 0 Å². The lowest BCUT2D eigenvalue weighted by molar-refractivity contribution is -0.144. The first-order valence-electron chi connectivity index (χ1n) is 7.16. The average Bonchev–Trinajstić information content (AvgIpc) is 2.48. The van der Waals surface area contributed by atoms with Gasteiger partial charge >= 0.3 is 11.9 Å². The normalized spacial score (nSPS) is 14.0. The lowest BCUT2D eigenvalue weighted by Crippen LogP contribution is -2.55. The van der Waals surface area contributed by atoms with Crippen molar-refractivity contribution < 1.29 is 34.2 Å². The van der Waals surface area contributed by atoms with E-state index in [2.05, 4.69) is 10.6 Å². The van der Waals surface area contributed by atoms with Gasteiger partial charge in [-0.15, -0.1) is 0 Å². The second-order valence-corrected chi connectivity index (χ2v) is 6.10. The predicted octanol–water partition coefficient (Wildman–Crippen LogP) is -2.53. The van der Waals surface area contributed by atoms with Crippen LogP contribution in [-0.4, -0.2) is 70.0 Å². The fourth-order valence-corrected chi connectivity index (χ4v) is 2.21. The van der Waals surface area contributed by atoms with Gasteiger partial charge in [-0.1, -0.05) is 0 Å². The standard InChI is InChI=1S/C13H22N4O7S/c1-25-3-2-7(16-11(21)6(14)4-10(19)20)12(22)17-8(13(23)24)5-9(15)18/h6-8H,2-5,14H2,1H3,(H2,15,18)(H,16,21)(H,17,22)(H,19,20)(H,23,24). The summed E-state index contributed by atoms with van der Waals surface area (Å²) in [4.78, 5) is 56.6. The number of primary amides is 1. The molecule has 0 saturated heterocycles. The second kappa shape index (κ2) is 11.3. The van der Waals surface area contributed by atoms with E-state index in [1.807, 2.05) is 0 Å². The molecule has 11 nitrogen and oxygen atoms in total. The van der Waals surface area contributed by atoms with Gasteiger partial charge in [-0.3, -0.25) is 19.2 Å². The summed E-state index contributed by atoms with van der Waals surface area (Å²) in [5, 5.41) is 22.0. The number of carboxylic acids is 2. The molecule has 0 fully saturated rings. The number of nitrogens with one attached hydrogen (secondary N) is 2. The number of aliphatic carboxylic acids is 2. The molecule has 0 bridgehead atoms. The Hall–Kier alpha value is -2.34. The molecular weight excluding hydrogens is 356 g/mol. The van der Waals surface area contributed by atoms with Gasteiger partial charge in [0.15, 0.2) is 0 Å². The molecule has 0 saturated carbocycles. The summed E-state index contributed by atoms with van der Waals surface area (Å²) in [5.41, 5.74) is 10.4. The maximum atomic E-state index is 12.2. The van der Waals surface area contributed by atoms with Crippen LogP contribution in [0.3, 0.4) is 0 Å². The highest BCUT2D eigenvalue weighted by Crippen LogP contribution is 2.04. The third-order valence-electron chi connectivity index (χ3n) is 2.99. The molecule has 0 aliphatic heterocycles. The molecule has 3 unspecified atom stereocenters. The Labute approximate surface area is 147 Å². The smallest absolute Gasteiger partial charge is 0.326 e. The van der Waals surface area contributed by atoms with E-state index >= 15 is 0 Å². The highest BCUT2D eigenvalue weighted by atomic mass is 32.2. The Morgan fingerprint density at radius 2 is 1.56 bits per heavy atom. The number of hydrogen-bond donors (Lipinski definition) is 6. The van der Waals surface area contributed by atoms with Crippen LogP contribution in [-0.2, 0) is 24.0 Å². The molecule has 0 rings (SSSR count). The fourth-order valence-electron chi connectivity index (χ4n) is 1.74. The van der Waals surface area contributed by atoms with Gasteiger partial charge in [0.05, 0.1) is 18.9 Å². The van der Waals surface area contributed by atoms with E-state index in [0.717, 1.165) is 0 Å². The van der Waals surface area contributed by atoms with Gasteiger partial charge in [0.1, 0.15) is 12.1 Å². The van der Waals surface area contributed by atoms with E-state index in [1.165, 1.54) is 11.8 Å². The molecule has 3 atom stereocenters. The van der Waals surface area contributed by atoms with E-state index in [9.17, 15) is 24.0 Å². The monoisotopic (exact) mass is 378 g/mol. The average molecular weight is 378 g/mol. The maximum Gasteiger partial charge on any atom is 0.326 e. The van der Waals surface area contributed by atoms with Crippen molar-refractivity contribution in [3.63, 3.8) is 0 Å². The number of thioether (sulfide) groups is 1. The molecule has 0 aliphatic carbocycles. The summed E-state index contributed by atoms with van der Waals surface area (Å²) in [5.74, 6) is -4.88. The Morgan fingerprint density at radius 3 is 2.00 bits per heavy atom. The zero-order chi connectivity index (χ0) is 19.6. The van der Waals surface area contributed by atoms with Crippen LogP contribution in [0.5, 0.6) is 0 Å². The summed E-state index contributed by atoms with van der Waals surface area (Å²) in [6.07, 6.45) is 0.687. The van der Waals surface area contributed by atoms with Crippen LogP contribution in [0, 0.1) is 0 Å². The molecular formula is C13H22N4O7S. The molecule has 142 valence electrons. The minimum Gasteiger partial charge on any atom is -0.481 e. The van der Waals surface area contributed by atoms with E-state index < -0.39 is 60.6 Å². The number of carbonyl (C=O) groups excluding carboxylic acids is 3. The van der Waals surface area contributed by atoms with Gasteiger partial charge in [0, 0.05) is 0 Å². The molecule has 3 amide bonds.